The highest BCUT2D eigenvalue weighted by Crippen LogP contribution is 2.19. The van der Waals surface area contributed by atoms with Crippen LogP contribution in [0.5, 0.6) is 5.75 Å². The number of ether oxygens (including phenoxy) is 1. The minimum Gasteiger partial charge on any atom is -0.486 e. The Hall–Kier alpha value is -2.76. The molecule has 6 heteroatoms. The molecule has 0 atom stereocenters. The summed E-state index contributed by atoms with van der Waals surface area (Å²) < 4.78 is 18.0. The Labute approximate surface area is 120 Å². The molecule has 0 saturated carbocycles. The molecule has 0 N–H and O–H groups in total. The monoisotopic (exact) mass is 289 g/mol. The molecule has 21 heavy (non-hydrogen) atoms. The van der Waals surface area contributed by atoms with Gasteiger partial charge in [-0.05, 0) is 23.8 Å². The lowest BCUT2D eigenvalue weighted by Crippen LogP contribution is -2.13. The topological polar surface area (TPSA) is 69.4 Å². The molecule has 0 radical (unpaired) electrons. The second-order valence-electron chi connectivity index (χ2n) is 4.39. The summed E-state index contributed by atoms with van der Waals surface area (Å²) in [6.07, 6.45) is 0.120. The number of nitro benzene ring substituents is 1. The molecule has 0 spiro atoms. The number of Topliss-reactive ketones (excluding diaryl/α,β-unsaturated/α-hetero) is 1. The Morgan fingerprint density at radius 1 is 1.19 bits per heavy atom. The van der Waals surface area contributed by atoms with E-state index in [1.54, 1.807) is 0 Å². The summed E-state index contributed by atoms with van der Waals surface area (Å²) in [5.41, 5.74) is 0.586. The van der Waals surface area contributed by atoms with Crippen LogP contribution in [0.3, 0.4) is 0 Å². The highest BCUT2D eigenvalue weighted by molar-refractivity contribution is 5.82. The van der Waals surface area contributed by atoms with Crippen LogP contribution in [0.15, 0.2) is 48.5 Å². The Bertz CT molecular complexity index is 655. The third-order valence-corrected chi connectivity index (χ3v) is 2.74. The van der Waals surface area contributed by atoms with Crippen molar-refractivity contribution in [1.82, 2.24) is 0 Å². The summed E-state index contributed by atoms with van der Waals surface area (Å²) in [5, 5.41) is 10.6. The molecular formula is C15H12FNO4. The average molecular weight is 289 g/mol. The van der Waals surface area contributed by atoms with Gasteiger partial charge in [0.05, 0.1) is 11.0 Å². The molecule has 0 saturated heterocycles. The molecule has 5 nitrogen and oxygen atoms in total. The van der Waals surface area contributed by atoms with Gasteiger partial charge in [0.25, 0.3) is 5.69 Å². The van der Waals surface area contributed by atoms with E-state index in [-0.39, 0.29) is 36.1 Å². The van der Waals surface area contributed by atoms with E-state index < -0.39 is 4.92 Å². The van der Waals surface area contributed by atoms with E-state index >= 15 is 0 Å². The molecule has 0 heterocycles. The average Bonchev–Trinajstić information content (AvgIpc) is 2.48. The van der Waals surface area contributed by atoms with Crippen molar-refractivity contribution in [2.75, 3.05) is 6.61 Å². The maximum Gasteiger partial charge on any atom is 0.273 e. The van der Waals surface area contributed by atoms with E-state index in [1.807, 2.05) is 0 Å². The van der Waals surface area contributed by atoms with Crippen LogP contribution in [-0.4, -0.2) is 17.3 Å². The summed E-state index contributed by atoms with van der Waals surface area (Å²) in [6, 6.07) is 11.2. The molecule has 0 amide bonds. The van der Waals surface area contributed by atoms with E-state index in [2.05, 4.69) is 0 Å². The van der Waals surface area contributed by atoms with Crippen LogP contribution >= 0.6 is 0 Å². The number of hydrogen-bond donors (Lipinski definition) is 0. The van der Waals surface area contributed by atoms with Gasteiger partial charge in [-0.15, -0.1) is 0 Å². The van der Waals surface area contributed by atoms with Crippen LogP contribution < -0.4 is 4.74 Å². The third-order valence-electron chi connectivity index (χ3n) is 2.74. The van der Waals surface area contributed by atoms with Crippen molar-refractivity contribution < 1.29 is 18.8 Å². The normalized spacial score (nSPS) is 10.1. The van der Waals surface area contributed by atoms with Crippen molar-refractivity contribution in [3.05, 3.63) is 70.0 Å². The van der Waals surface area contributed by atoms with Gasteiger partial charge in [0.2, 0.25) is 0 Å². The Morgan fingerprint density at radius 3 is 2.57 bits per heavy atom. The molecule has 0 bridgehead atoms. The lowest BCUT2D eigenvalue weighted by Gasteiger charge is -2.05. The molecule has 108 valence electrons. The van der Waals surface area contributed by atoms with Crippen molar-refractivity contribution in [2.45, 2.75) is 6.42 Å². The fourth-order valence-corrected chi connectivity index (χ4v) is 1.73. The summed E-state index contributed by atoms with van der Waals surface area (Å²) in [5.74, 6) is -0.302. The highest BCUT2D eigenvalue weighted by Gasteiger charge is 2.09. The van der Waals surface area contributed by atoms with Gasteiger partial charge in [0.15, 0.2) is 5.78 Å². The largest absolute Gasteiger partial charge is 0.486 e. The van der Waals surface area contributed by atoms with Gasteiger partial charge in [-0.2, -0.15) is 0 Å². The SMILES string of the molecule is O=C(COc1cccc([N+](=O)[O-])c1)Cc1ccc(F)cc1. The molecule has 0 aliphatic heterocycles. The third kappa shape index (κ3) is 4.38. The molecule has 0 aliphatic carbocycles. The summed E-state index contributed by atoms with van der Waals surface area (Å²) in [4.78, 5) is 21.8. The van der Waals surface area contributed by atoms with Crippen molar-refractivity contribution >= 4 is 11.5 Å². The standard InChI is InChI=1S/C15H12FNO4/c16-12-6-4-11(5-7-12)8-14(18)10-21-15-3-1-2-13(9-15)17(19)20/h1-7,9H,8,10H2. The molecule has 2 aromatic carbocycles. The minimum atomic E-state index is -0.535. The van der Waals surface area contributed by atoms with Gasteiger partial charge in [-0.1, -0.05) is 18.2 Å². The fraction of sp³-hybridized carbons (Fsp3) is 0.133. The van der Waals surface area contributed by atoms with Gasteiger partial charge in [0, 0.05) is 12.5 Å². The van der Waals surface area contributed by atoms with Crippen LogP contribution in [0.25, 0.3) is 0 Å². The quantitative estimate of drug-likeness (QED) is 0.605. The van der Waals surface area contributed by atoms with Crippen molar-refractivity contribution in [2.24, 2.45) is 0 Å². The van der Waals surface area contributed by atoms with Crippen LogP contribution in [-0.2, 0) is 11.2 Å². The number of non-ortho nitro benzene ring substituents is 1. The number of rotatable bonds is 6. The summed E-state index contributed by atoms with van der Waals surface area (Å²) in [6.45, 7) is -0.196. The minimum absolute atomic E-state index is 0.0986. The number of carbonyl (C=O) groups excluding carboxylic acids is 1. The maximum atomic E-state index is 12.7. The molecule has 2 rings (SSSR count). The Morgan fingerprint density at radius 2 is 1.90 bits per heavy atom. The van der Waals surface area contributed by atoms with E-state index in [4.69, 9.17) is 4.74 Å². The van der Waals surface area contributed by atoms with Gasteiger partial charge in [-0.3, -0.25) is 14.9 Å². The number of nitro groups is 1. The summed E-state index contributed by atoms with van der Waals surface area (Å²) >= 11 is 0. The van der Waals surface area contributed by atoms with Crippen molar-refractivity contribution in [3.8, 4) is 5.75 Å². The fourth-order valence-electron chi connectivity index (χ4n) is 1.73. The van der Waals surface area contributed by atoms with Crippen molar-refractivity contribution in [3.63, 3.8) is 0 Å². The second-order valence-corrected chi connectivity index (χ2v) is 4.39. The zero-order valence-corrected chi connectivity index (χ0v) is 11.0. The number of nitrogens with zero attached hydrogens (tertiary/aromatic N) is 1. The van der Waals surface area contributed by atoms with Gasteiger partial charge < -0.3 is 4.74 Å². The first-order valence-corrected chi connectivity index (χ1v) is 6.18. The molecule has 0 fully saturated rings. The van der Waals surface area contributed by atoms with Crippen LogP contribution in [0.1, 0.15) is 5.56 Å². The van der Waals surface area contributed by atoms with Crippen molar-refractivity contribution in [1.29, 1.82) is 0 Å². The zero-order chi connectivity index (χ0) is 15.2. The number of benzene rings is 2. The number of ketones is 1. The molecular weight excluding hydrogens is 277 g/mol. The van der Waals surface area contributed by atoms with Crippen LogP contribution in [0, 0.1) is 15.9 Å². The predicted octanol–water partition coefficient (Wildman–Crippen LogP) is 2.92. The number of hydrogen-bond acceptors (Lipinski definition) is 4. The molecule has 0 aliphatic rings. The number of carbonyl (C=O) groups is 1. The molecule has 2 aromatic rings. The van der Waals surface area contributed by atoms with E-state index in [1.165, 1.54) is 48.5 Å². The van der Waals surface area contributed by atoms with E-state index in [0.29, 0.717) is 5.56 Å². The van der Waals surface area contributed by atoms with Gasteiger partial charge in [0.1, 0.15) is 18.2 Å². The Kier molecular flexibility index (Phi) is 4.61. The first-order valence-electron chi connectivity index (χ1n) is 6.18. The summed E-state index contributed by atoms with van der Waals surface area (Å²) in [7, 11) is 0. The number of halogens is 1. The second kappa shape index (κ2) is 6.60. The smallest absolute Gasteiger partial charge is 0.273 e. The van der Waals surface area contributed by atoms with Gasteiger partial charge in [-0.25, -0.2) is 4.39 Å². The van der Waals surface area contributed by atoms with E-state index in [9.17, 15) is 19.3 Å². The zero-order valence-electron chi connectivity index (χ0n) is 11.0. The highest BCUT2D eigenvalue weighted by atomic mass is 19.1. The Balaban J connectivity index is 1.90. The molecule has 0 aromatic heterocycles. The first kappa shape index (κ1) is 14.6. The predicted molar refractivity (Wildman–Crippen MR) is 73.7 cm³/mol. The van der Waals surface area contributed by atoms with Crippen LogP contribution in [0.2, 0.25) is 0 Å². The maximum absolute atomic E-state index is 12.7. The lowest BCUT2D eigenvalue weighted by molar-refractivity contribution is -0.384. The van der Waals surface area contributed by atoms with Crippen LogP contribution in [0.4, 0.5) is 10.1 Å². The van der Waals surface area contributed by atoms with E-state index in [0.717, 1.165) is 0 Å². The van der Waals surface area contributed by atoms with Gasteiger partial charge >= 0.3 is 0 Å². The first-order chi connectivity index (χ1) is 10.0. The lowest BCUT2D eigenvalue weighted by atomic mass is 10.1. The molecule has 0 unspecified atom stereocenters.